The monoisotopic (exact) mass is 196 g/mol. The summed E-state index contributed by atoms with van der Waals surface area (Å²) < 4.78 is 0.812. The van der Waals surface area contributed by atoms with Crippen LogP contribution in [0.1, 0.15) is 12.8 Å². The Labute approximate surface area is 61.8 Å². The highest BCUT2D eigenvalue weighted by molar-refractivity contribution is 9.11. The van der Waals surface area contributed by atoms with Crippen molar-refractivity contribution in [3.8, 4) is 0 Å². The number of halogens is 2. The Bertz CT molecular complexity index is 97.0. The molecule has 0 saturated heterocycles. The molecule has 0 heterocycles. The molecule has 0 aliphatic carbocycles. The van der Waals surface area contributed by atoms with Gasteiger partial charge in [-0.2, -0.15) is 0 Å². The van der Waals surface area contributed by atoms with Gasteiger partial charge in [-0.3, -0.25) is 4.79 Å². The van der Waals surface area contributed by atoms with Crippen LogP contribution in [0.3, 0.4) is 0 Å². The lowest BCUT2D eigenvalue weighted by Gasteiger charge is -1.88. The Balaban J connectivity index is 3.18. The van der Waals surface area contributed by atoms with E-state index < -0.39 is 0 Å². The van der Waals surface area contributed by atoms with Crippen molar-refractivity contribution in [2.24, 2.45) is 0 Å². The molecule has 0 aromatic rings. The van der Waals surface area contributed by atoms with Gasteiger partial charge in [0.15, 0.2) is 0 Å². The van der Waals surface area contributed by atoms with Crippen molar-refractivity contribution in [3.05, 3.63) is 11.1 Å². The molecule has 0 aromatic carbocycles. The van der Waals surface area contributed by atoms with E-state index in [0.29, 0.717) is 12.8 Å². The molecule has 0 bridgehead atoms. The Morgan fingerprint density at radius 1 is 1.62 bits per heavy atom. The normalized spacial score (nSPS) is 8.75. The molecule has 0 radical (unpaired) electrons. The van der Waals surface area contributed by atoms with E-state index in [4.69, 9.17) is 11.6 Å². The maximum atomic E-state index is 10.1. The van der Waals surface area contributed by atoms with E-state index in [9.17, 15) is 4.79 Å². The van der Waals surface area contributed by atoms with Crippen LogP contribution in [0.4, 0.5) is 0 Å². The Hall–Kier alpha value is 0.180. The van der Waals surface area contributed by atoms with Gasteiger partial charge in [-0.05, 0) is 22.5 Å². The van der Waals surface area contributed by atoms with Crippen molar-refractivity contribution < 1.29 is 4.79 Å². The van der Waals surface area contributed by atoms with Gasteiger partial charge in [0.25, 0.3) is 0 Å². The number of hydrogen-bond acceptors (Lipinski definition) is 1. The molecule has 0 rings (SSSR count). The molecule has 1 nitrogen and oxygen atoms in total. The van der Waals surface area contributed by atoms with E-state index in [2.05, 4.69) is 22.5 Å². The number of rotatable bonds is 3. The molecule has 8 heavy (non-hydrogen) atoms. The van der Waals surface area contributed by atoms with Crippen LogP contribution in [0.2, 0.25) is 0 Å². The van der Waals surface area contributed by atoms with E-state index in [1.807, 2.05) is 0 Å². The van der Waals surface area contributed by atoms with Gasteiger partial charge in [0, 0.05) is 6.42 Å². The molecule has 0 N–H and O–H groups in total. The number of hydrogen-bond donors (Lipinski definition) is 0. The fourth-order valence-corrected chi connectivity index (χ4v) is 0.527. The molecule has 0 aromatic heterocycles. The van der Waals surface area contributed by atoms with Crippen LogP contribution < -0.4 is 0 Å². The van der Waals surface area contributed by atoms with Crippen LogP contribution >= 0.6 is 27.5 Å². The topological polar surface area (TPSA) is 17.1 Å². The molecule has 0 aliphatic rings. The highest BCUT2D eigenvalue weighted by atomic mass is 79.9. The second-order valence-electron chi connectivity index (χ2n) is 1.37. The summed E-state index contributed by atoms with van der Waals surface area (Å²) in [6.45, 7) is 3.53. The lowest BCUT2D eigenvalue weighted by molar-refractivity contribution is -0.111. The molecule has 0 aliphatic heterocycles. The fourth-order valence-electron chi connectivity index (χ4n) is 0.234. The second-order valence-corrected chi connectivity index (χ2v) is 2.92. The van der Waals surface area contributed by atoms with Crippen LogP contribution in [-0.2, 0) is 4.79 Å². The first kappa shape index (κ1) is 8.18. The third kappa shape index (κ3) is 6.18. The molecule has 0 fully saturated rings. The molecular weight excluding hydrogens is 191 g/mol. The third-order valence-electron chi connectivity index (χ3n) is 0.593. The number of carbonyl (C=O) groups is 1. The second kappa shape index (κ2) is 4.10. The first-order valence-electron chi connectivity index (χ1n) is 2.14. The summed E-state index contributed by atoms with van der Waals surface area (Å²) >= 11 is 8.12. The molecule has 46 valence electrons. The lowest BCUT2D eigenvalue weighted by atomic mass is 10.3. The van der Waals surface area contributed by atoms with Crippen molar-refractivity contribution in [2.45, 2.75) is 12.8 Å². The summed E-state index contributed by atoms with van der Waals surface area (Å²) in [5.41, 5.74) is 0. The van der Waals surface area contributed by atoms with Gasteiger partial charge in [0.2, 0.25) is 5.24 Å². The van der Waals surface area contributed by atoms with Gasteiger partial charge < -0.3 is 0 Å². The predicted molar refractivity (Wildman–Crippen MR) is 38.2 cm³/mol. The summed E-state index contributed by atoms with van der Waals surface area (Å²) in [5, 5.41) is -0.314. The van der Waals surface area contributed by atoms with Crippen LogP contribution in [-0.4, -0.2) is 5.24 Å². The van der Waals surface area contributed by atoms with Crippen molar-refractivity contribution >= 4 is 32.8 Å². The minimum absolute atomic E-state index is 0.314. The standard InChI is InChI=1S/C5H6BrClO/c1-4(6)2-3-5(7)8/h1-3H2. The van der Waals surface area contributed by atoms with Crippen LogP contribution in [0, 0.1) is 0 Å². The summed E-state index contributed by atoms with van der Waals surface area (Å²) in [6, 6.07) is 0. The molecule has 3 heteroatoms. The summed E-state index contributed by atoms with van der Waals surface area (Å²) in [4.78, 5) is 10.1. The van der Waals surface area contributed by atoms with E-state index in [1.165, 1.54) is 0 Å². The molecular formula is C5H6BrClO. The molecule has 0 atom stereocenters. The summed E-state index contributed by atoms with van der Waals surface area (Å²) in [5.74, 6) is 0. The zero-order valence-electron chi connectivity index (χ0n) is 4.29. The van der Waals surface area contributed by atoms with E-state index >= 15 is 0 Å². The minimum atomic E-state index is -0.314. The van der Waals surface area contributed by atoms with Gasteiger partial charge in [-0.25, -0.2) is 0 Å². The smallest absolute Gasteiger partial charge is 0.221 e. The van der Waals surface area contributed by atoms with Crippen LogP contribution in [0.25, 0.3) is 0 Å². The van der Waals surface area contributed by atoms with Crippen molar-refractivity contribution in [3.63, 3.8) is 0 Å². The van der Waals surface area contributed by atoms with Crippen molar-refractivity contribution in [1.29, 1.82) is 0 Å². The van der Waals surface area contributed by atoms with Gasteiger partial charge in [0.1, 0.15) is 0 Å². The lowest BCUT2D eigenvalue weighted by Crippen LogP contribution is -1.83. The SMILES string of the molecule is C=C(Br)CCC(=O)Cl. The summed E-state index contributed by atoms with van der Waals surface area (Å²) in [6.07, 6.45) is 0.994. The van der Waals surface area contributed by atoms with Gasteiger partial charge in [-0.1, -0.05) is 22.5 Å². The number of allylic oxidation sites excluding steroid dienone is 1. The van der Waals surface area contributed by atoms with Gasteiger partial charge in [-0.15, -0.1) is 0 Å². The Morgan fingerprint density at radius 2 is 2.12 bits per heavy atom. The van der Waals surface area contributed by atoms with Crippen molar-refractivity contribution in [1.82, 2.24) is 0 Å². The third-order valence-corrected chi connectivity index (χ3v) is 1.18. The highest BCUT2D eigenvalue weighted by Crippen LogP contribution is 2.09. The first-order chi connectivity index (χ1) is 3.63. The molecule has 0 spiro atoms. The average Bonchev–Trinajstić information content (AvgIpc) is 1.61. The van der Waals surface area contributed by atoms with Crippen LogP contribution in [0.15, 0.2) is 11.1 Å². The summed E-state index contributed by atoms with van der Waals surface area (Å²) in [7, 11) is 0. The van der Waals surface area contributed by atoms with Gasteiger partial charge in [0.05, 0.1) is 0 Å². The first-order valence-corrected chi connectivity index (χ1v) is 3.31. The van der Waals surface area contributed by atoms with Crippen LogP contribution in [0.5, 0.6) is 0 Å². The average molecular weight is 197 g/mol. The maximum absolute atomic E-state index is 10.1. The minimum Gasteiger partial charge on any atom is -0.281 e. The maximum Gasteiger partial charge on any atom is 0.221 e. The van der Waals surface area contributed by atoms with Crippen molar-refractivity contribution in [2.75, 3.05) is 0 Å². The Morgan fingerprint density at radius 3 is 2.25 bits per heavy atom. The highest BCUT2D eigenvalue weighted by Gasteiger charge is 1.94. The zero-order chi connectivity index (χ0) is 6.57. The van der Waals surface area contributed by atoms with E-state index in [-0.39, 0.29) is 5.24 Å². The zero-order valence-corrected chi connectivity index (χ0v) is 6.63. The number of carbonyl (C=O) groups excluding carboxylic acids is 1. The van der Waals surface area contributed by atoms with E-state index in [0.717, 1.165) is 4.48 Å². The molecule has 0 unspecified atom stereocenters. The predicted octanol–water partition coefficient (Wildman–Crippen LogP) is 2.44. The molecule has 0 amide bonds. The van der Waals surface area contributed by atoms with Gasteiger partial charge >= 0.3 is 0 Å². The fraction of sp³-hybridized carbons (Fsp3) is 0.400. The van der Waals surface area contributed by atoms with E-state index in [1.54, 1.807) is 0 Å². The largest absolute Gasteiger partial charge is 0.281 e. The Kier molecular flexibility index (Phi) is 4.19. The quantitative estimate of drug-likeness (QED) is 0.635. The molecule has 0 saturated carbocycles.